The van der Waals surface area contributed by atoms with Crippen LogP contribution in [-0.2, 0) is 9.59 Å². The van der Waals surface area contributed by atoms with Crippen LogP contribution in [0.2, 0.25) is 0 Å². The number of carbonyl (C=O) groups excluding carboxylic acids is 2. The van der Waals surface area contributed by atoms with Crippen molar-refractivity contribution in [2.75, 3.05) is 10.6 Å². The van der Waals surface area contributed by atoms with Crippen molar-refractivity contribution in [3.63, 3.8) is 0 Å². The Morgan fingerprint density at radius 2 is 1.57 bits per heavy atom. The average molecular weight is 307 g/mol. The molecule has 0 aliphatic rings. The molecule has 0 saturated carbocycles. The zero-order chi connectivity index (χ0) is 17.0. The molecular weight excluding hydrogens is 290 g/mol. The van der Waals surface area contributed by atoms with Crippen LogP contribution in [0.1, 0.15) is 22.3 Å². The molecule has 0 spiro atoms. The van der Waals surface area contributed by atoms with Crippen LogP contribution in [0, 0.1) is 32.1 Å². The molecule has 0 unspecified atom stereocenters. The van der Waals surface area contributed by atoms with Gasteiger partial charge in [-0.1, -0.05) is 23.8 Å². The Hall–Kier alpha value is -3.13. The molecule has 23 heavy (non-hydrogen) atoms. The average Bonchev–Trinajstić information content (AvgIpc) is 2.50. The normalized spacial score (nSPS) is 9.83. The van der Waals surface area contributed by atoms with E-state index < -0.39 is 11.8 Å². The molecule has 0 atom stereocenters. The zero-order valence-corrected chi connectivity index (χ0v) is 13.2. The van der Waals surface area contributed by atoms with Crippen LogP contribution >= 0.6 is 0 Å². The Labute approximate surface area is 134 Å². The Balaban J connectivity index is 2.12. The lowest BCUT2D eigenvalue weighted by molar-refractivity contribution is -0.133. The van der Waals surface area contributed by atoms with Gasteiger partial charge in [0.05, 0.1) is 11.6 Å². The fraction of sp³-hybridized carbons (Fsp3) is 0.167. The lowest BCUT2D eigenvalue weighted by atomic mass is 10.1. The summed E-state index contributed by atoms with van der Waals surface area (Å²) in [5.74, 6) is -1.53. The van der Waals surface area contributed by atoms with E-state index in [4.69, 9.17) is 5.26 Å². The second-order valence-corrected chi connectivity index (χ2v) is 5.37. The van der Waals surface area contributed by atoms with E-state index in [0.29, 0.717) is 16.9 Å². The Morgan fingerprint density at radius 1 is 0.957 bits per heavy atom. The quantitative estimate of drug-likeness (QED) is 0.837. The smallest absolute Gasteiger partial charge is 0.314 e. The highest BCUT2D eigenvalue weighted by Crippen LogP contribution is 2.22. The minimum Gasteiger partial charge on any atom is -0.318 e. The first-order valence-corrected chi connectivity index (χ1v) is 7.11. The molecular formula is C18H17N3O2. The maximum atomic E-state index is 12.1. The van der Waals surface area contributed by atoms with Crippen molar-refractivity contribution in [2.45, 2.75) is 20.8 Å². The zero-order valence-electron chi connectivity index (χ0n) is 13.2. The third kappa shape index (κ3) is 3.95. The molecule has 5 nitrogen and oxygen atoms in total. The van der Waals surface area contributed by atoms with Crippen molar-refractivity contribution in [3.8, 4) is 6.07 Å². The summed E-state index contributed by atoms with van der Waals surface area (Å²) in [6.07, 6.45) is 0. The summed E-state index contributed by atoms with van der Waals surface area (Å²) in [5, 5.41) is 14.0. The molecule has 0 aromatic heterocycles. The predicted octanol–water partition coefficient (Wildman–Crippen LogP) is 3.06. The highest BCUT2D eigenvalue weighted by Gasteiger charge is 2.16. The van der Waals surface area contributed by atoms with Crippen molar-refractivity contribution in [3.05, 3.63) is 58.7 Å². The second kappa shape index (κ2) is 6.75. The van der Waals surface area contributed by atoms with Crippen LogP contribution in [0.5, 0.6) is 0 Å². The fourth-order valence-corrected chi connectivity index (χ4v) is 2.40. The number of carbonyl (C=O) groups is 2. The van der Waals surface area contributed by atoms with Gasteiger partial charge in [0.2, 0.25) is 0 Å². The highest BCUT2D eigenvalue weighted by atomic mass is 16.2. The monoisotopic (exact) mass is 307 g/mol. The molecule has 116 valence electrons. The highest BCUT2D eigenvalue weighted by molar-refractivity contribution is 6.43. The van der Waals surface area contributed by atoms with Gasteiger partial charge in [-0.15, -0.1) is 0 Å². The Morgan fingerprint density at radius 3 is 2.17 bits per heavy atom. The molecule has 0 bridgehead atoms. The summed E-state index contributed by atoms with van der Waals surface area (Å²) in [7, 11) is 0. The molecule has 2 aromatic rings. The summed E-state index contributed by atoms with van der Waals surface area (Å²) >= 11 is 0. The van der Waals surface area contributed by atoms with E-state index in [9.17, 15) is 9.59 Å². The van der Waals surface area contributed by atoms with Crippen LogP contribution in [-0.4, -0.2) is 11.8 Å². The first kappa shape index (κ1) is 16.2. The number of aryl methyl sites for hydroxylation is 3. The van der Waals surface area contributed by atoms with Gasteiger partial charge in [0.1, 0.15) is 0 Å². The number of rotatable bonds is 2. The molecule has 2 N–H and O–H groups in total. The van der Waals surface area contributed by atoms with Gasteiger partial charge in [0.25, 0.3) is 0 Å². The van der Waals surface area contributed by atoms with Crippen LogP contribution < -0.4 is 10.6 Å². The summed E-state index contributed by atoms with van der Waals surface area (Å²) in [6.45, 7) is 5.73. The lowest BCUT2D eigenvalue weighted by Gasteiger charge is -2.12. The number of nitriles is 1. The van der Waals surface area contributed by atoms with Crippen molar-refractivity contribution >= 4 is 23.2 Å². The lowest BCUT2D eigenvalue weighted by Crippen LogP contribution is -2.29. The third-order valence-corrected chi connectivity index (χ3v) is 3.37. The number of nitrogens with one attached hydrogen (secondary N) is 2. The topological polar surface area (TPSA) is 82.0 Å². The van der Waals surface area contributed by atoms with Gasteiger partial charge in [0, 0.05) is 11.4 Å². The van der Waals surface area contributed by atoms with Gasteiger partial charge in [-0.2, -0.15) is 5.26 Å². The molecule has 0 aliphatic heterocycles. The van der Waals surface area contributed by atoms with Crippen LogP contribution in [0.3, 0.4) is 0 Å². The van der Waals surface area contributed by atoms with E-state index in [1.165, 1.54) is 6.07 Å². The van der Waals surface area contributed by atoms with Crippen LogP contribution in [0.25, 0.3) is 0 Å². The molecule has 2 aromatic carbocycles. The van der Waals surface area contributed by atoms with E-state index in [0.717, 1.165) is 16.7 Å². The van der Waals surface area contributed by atoms with Gasteiger partial charge in [0.15, 0.2) is 0 Å². The van der Waals surface area contributed by atoms with Crippen LogP contribution in [0.4, 0.5) is 11.4 Å². The molecule has 0 radical (unpaired) electrons. The van der Waals surface area contributed by atoms with E-state index >= 15 is 0 Å². The molecule has 5 heteroatoms. The number of hydrogen-bond donors (Lipinski definition) is 2. The predicted molar refractivity (Wildman–Crippen MR) is 89.1 cm³/mol. The second-order valence-electron chi connectivity index (χ2n) is 5.37. The number of amides is 2. The first-order chi connectivity index (χ1) is 10.9. The molecule has 0 heterocycles. The minimum absolute atomic E-state index is 0.404. The van der Waals surface area contributed by atoms with E-state index in [-0.39, 0.29) is 0 Å². The number of nitrogens with zero attached hydrogens (tertiary/aromatic N) is 1. The molecule has 2 rings (SSSR count). The molecule has 0 saturated heterocycles. The third-order valence-electron chi connectivity index (χ3n) is 3.37. The largest absolute Gasteiger partial charge is 0.318 e. The summed E-state index contributed by atoms with van der Waals surface area (Å²) in [4.78, 5) is 24.1. The van der Waals surface area contributed by atoms with Crippen molar-refractivity contribution in [1.82, 2.24) is 0 Å². The molecule has 0 aliphatic carbocycles. The summed E-state index contributed by atoms with van der Waals surface area (Å²) in [5.41, 5.74) is 4.34. The Bertz CT molecular complexity index is 796. The summed E-state index contributed by atoms with van der Waals surface area (Å²) in [6, 6.07) is 12.2. The Kier molecular flexibility index (Phi) is 4.77. The number of hydrogen-bond acceptors (Lipinski definition) is 3. The van der Waals surface area contributed by atoms with Gasteiger partial charge in [-0.05, 0) is 50.1 Å². The first-order valence-electron chi connectivity index (χ1n) is 7.11. The van der Waals surface area contributed by atoms with E-state index in [2.05, 4.69) is 10.6 Å². The standard InChI is InChI=1S/C18H17N3O2/c1-11-7-12(2)16(13(3)8-11)21-18(23)17(22)20-15-6-4-5-14(9-15)10-19/h4-9H,1-3H3,(H,20,22)(H,21,23). The van der Waals surface area contributed by atoms with Crippen molar-refractivity contribution < 1.29 is 9.59 Å². The van der Waals surface area contributed by atoms with Gasteiger partial charge in [-0.25, -0.2) is 0 Å². The maximum Gasteiger partial charge on any atom is 0.314 e. The van der Waals surface area contributed by atoms with Crippen LogP contribution in [0.15, 0.2) is 36.4 Å². The maximum absolute atomic E-state index is 12.1. The SMILES string of the molecule is Cc1cc(C)c(NC(=O)C(=O)Nc2cccc(C#N)c2)c(C)c1. The van der Waals surface area contributed by atoms with Gasteiger partial charge in [-0.3, -0.25) is 9.59 Å². The van der Waals surface area contributed by atoms with E-state index in [1.807, 2.05) is 39.0 Å². The fourth-order valence-electron chi connectivity index (χ4n) is 2.40. The minimum atomic E-state index is -0.778. The van der Waals surface area contributed by atoms with Crippen molar-refractivity contribution in [2.24, 2.45) is 0 Å². The van der Waals surface area contributed by atoms with Gasteiger partial charge < -0.3 is 10.6 Å². The summed E-state index contributed by atoms with van der Waals surface area (Å²) < 4.78 is 0. The van der Waals surface area contributed by atoms with Gasteiger partial charge >= 0.3 is 11.8 Å². The molecule has 2 amide bonds. The van der Waals surface area contributed by atoms with Crippen molar-refractivity contribution in [1.29, 1.82) is 5.26 Å². The van der Waals surface area contributed by atoms with E-state index in [1.54, 1.807) is 18.2 Å². The number of anilines is 2. The molecule has 0 fully saturated rings. The number of benzene rings is 2.